The molecule has 0 radical (unpaired) electrons. The number of benzene rings is 2. The molecule has 0 atom stereocenters. The highest BCUT2D eigenvalue weighted by molar-refractivity contribution is 7.99. The molecule has 1 aliphatic heterocycles. The highest BCUT2D eigenvalue weighted by Gasteiger charge is 2.34. The van der Waals surface area contributed by atoms with Gasteiger partial charge in [0, 0.05) is 19.2 Å². The summed E-state index contributed by atoms with van der Waals surface area (Å²) in [6.07, 6.45) is 1.32. The Morgan fingerprint density at radius 2 is 2.03 bits per heavy atom. The number of sulfonamides is 1. The molecule has 3 aromatic rings. The van der Waals surface area contributed by atoms with Crippen LogP contribution in [-0.4, -0.2) is 44.2 Å². The minimum atomic E-state index is -3.73. The fraction of sp³-hybridized carbons (Fsp3) is 0.227. The topological polar surface area (TPSA) is 101 Å². The van der Waals surface area contributed by atoms with Crippen LogP contribution >= 0.6 is 11.8 Å². The molecule has 0 bridgehead atoms. The monoisotopic (exact) mass is 470 g/mol. The van der Waals surface area contributed by atoms with Crippen LogP contribution in [-0.2, 0) is 21.4 Å². The van der Waals surface area contributed by atoms with Crippen LogP contribution in [0.4, 0.5) is 5.69 Å². The predicted molar refractivity (Wildman–Crippen MR) is 123 cm³/mol. The highest BCUT2D eigenvalue weighted by Crippen LogP contribution is 2.41. The first-order valence-corrected chi connectivity index (χ1v) is 12.2. The molecule has 1 aromatic heterocycles. The summed E-state index contributed by atoms with van der Waals surface area (Å²) in [6.45, 7) is 2.31. The average molecular weight is 471 g/mol. The number of nitrogens with one attached hydrogen (secondary N) is 1. The first kappa shape index (κ1) is 22.1. The molecular formula is C22H22N4O4S2. The summed E-state index contributed by atoms with van der Waals surface area (Å²) in [6, 6.07) is 13.0. The molecule has 1 aliphatic rings. The highest BCUT2D eigenvalue weighted by atomic mass is 32.2. The van der Waals surface area contributed by atoms with Crippen molar-refractivity contribution in [2.24, 2.45) is 0 Å². The van der Waals surface area contributed by atoms with Crippen LogP contribution in [0, 0.1) is 6.92 Å². The molecule has 0 fully saturated rings. The van der Waals surface area contributed by atoms with Crippen LogP contribution in [0.25, 0.3) is 11.3 Å². The number of ether oxygens (including phenoxy) is 1. The van der Waals surface area contributed by atoms with E-state index in [9.17, 15) is 13.2 Å². The van der Waals surface area contributed by atoms with Gasteiger partial charge in [-0.3, -0.25) is 9.10 Å². The van der Waals surface area contributed by atoms with Crippen LogP contribution in [0.5, 0.6) is 5.75 Å². The Morgan fingerprint density at radius 3 is 2.81 bits per heavy atom. The van der Waals surface area contributed by atoms with Crippen molar-refractivity contribution in [3.63, 3.8) is 0 Å². The molecule has 32 heavy (non-hydrogen) atoms. The third-order valence-electron chi connectivity index (χ3n) is 5.07. The molecule has 0 spiro atoms. The second-order valence-corrected chi connectivity index (χ2v) is 10.2. The SMILES string of the molecule is COc1cccc(CNC(=O)CSc2ncc3c(n2)-c2cc(C)ccc2N(C)S3(=O)=O)c1. The van der Waals surface area contributed by atoms with Crippen molar-refractivity contribution in [1.82, 2.24) is 15.3 Å². The summed E-state index contributed by atoms with van der Waals surface area (Å²) in [5.41, 5.74) is 3.56. The fourth-order valence-electron chi connectivity index (χ4n) is 3.36. The van der Waals surface area contributed by atoms with E-state index in [1.54, 1.807) is 13.2 Å². The third-order valence-corrected chi connectivity index (χ3v) is 7.71. The summed E-state index contributed by atoms with van der Waals surface area (Å²) < 4.78 is 32.2. The molecule has 10 heteroatoms. The van der Waals surface area contributed by atoms with E-state index in [1.807, 2.05) is 43.3 Å². The van der Waals surface area contributed by atoms with Gasteiger partial charge in [0.2, 0.25) is 5.91 Å². The molecule has 1 N–H and O–H groups in total. The van der Waals surface area contributed by atoms with Crippen molar-refractivity contribution < 1.29 is 17.9 Å². The van der Waals surface area contributed by atoms with Gasteiger partial charge in [0.25, 0.3) is 10.0 Å². The van der Waals surface area contributed by atoms with E-state index < -0.39 is 10.0 Å². The molecule has 166 valence electrons. The van der Waals surface area contributed by atoms with Gasteiger partial charge >= 0.3 is 0 Å². The van der Waals surface area contributed by atoms with Gasteiger partial charge in [-0.2, -0.15) is 0 Å². The normalized spacial score (nSPS) is 13.8. The smallest absolute Gasteiger partial charge is 0.267 e. The summed E-state index contributed by atoms with van der Waals surface area (Å²) in [5.74, 6) is 0.656. The van der Waals surface area contributed by atoms with Crippen molar-refractivity contribution in [1.29, 1.82) is 0 Å². The number of hydrogen-bond acceptors (Lipinski definition) is 7. The first-order valence-electron chi connectivity index (χ1n) is 9.79. The second-order valence-electron chi connectivity index (χ2n) is 7.28. The molecule has 0 saturated heterocycles. The van der Waals surface area contributed by atoms with E-state index in [0.29, 0.717) is 23.1 Å². The minimum absolute atomic E-state index is 0.0601. The number of methoxy groups -OCH3 is 1. The van der Waals surface area contributed by atoms with Crippen LogP contribution < -0.4 is 14.4 Å². The number of nitrogens with zero attached hydrogens (tertiary/aromatic N) is 3. The summed E-state index contributed by atoms with van der Waals surface area (Å²) in [4.78, 5) is 21.0. The molecule has 2 heterocycles. The van der Waals surface area contributed by atoms with E-state index in [-0.39, 0.29) is 16.6 Å². The molecule has 4 rings (SSSR count). The molecule has 1 amide bonds. The molecule has 0 aliphatic carbocycles. The van der Waals surface area contributed by atoms with Crippen molar-refractivity contribution in [3.8, 4) is 17.0 Å². The number of aryl methyl sites for hydroxylation is 1. The number of carbonyl (C=O) groups is 1. The lowest BCUT2D eigenvalue weighted by molar-refractivity contribution is -0.118. The zero-order chi connectivity index (χ0) is 22.9. The van der Waals surface area contributed by atoms with E-state index in [2.05, 4.69) is 15.3 Å². The summed E-state index contributed by atoms with van der Waals surface area (Å²) in [7, 11) is -0.622. The predicted octanol–water partition coefficient (Wildman–Crippen LogP) is 3.01. The maximum atomic E-state index is 12.9. The molecule has 8 nitrogen and oxygen atoms in total. The van der Waals surface area contributed by atoms with Crippen molar-refractivity contribution >= 4 is 33.4 Å². The number of carbonyl (C=O) groups excluding carboxylic acids is 1. The Hall–Kier alpha value is -3.11. The van der Waals surface area contributed by atoms with Crippen LogP contribution in [0.15, 0.2) is 58.7 Å². The lowest BCUT2D eigenvalue weighted by Gasteiger charge is -2.28. The Bertz CT molecular complexity index is 1290. The van der Waals surface area contributed by atoms with E-state index >= 15 is 0 Å². The second kappa shape index (κ2) is 8.79. The fourth-order valence-corrected chi connectivity index (χ4v) is 5.31. The van der Waals surface area contributed by atoms with Crippen LogP contribution in [0.1, 0.15) is 11.1 Å². The van der Waals surface area contributed by atoms with E-state index in [4.69, 9.17) is 4.74 Å². The Labute approximate surface area is 191 Å². The van der Waals surface area contributed by atoms with E-state index in [0.717, 1.165) is 34.2 Å². The molecule has 2 aromatic carbocycles. The van der Waals surface area contributed by atoms with Gasteiger partial charge in [-0.15, -0.1) is 0 Å². The van der Waals surface area contributed by atoms with Gasteiger partial charge in [-0.1, -0.05) is 35.5 Å². The quantitative estimate of drug-likeness (QED) is 0.436. The van der Waals surface area contributed by atoms with Crippen molar-refractivity contribution in [3.05, 3.63) is 59.8 Å². The average Bonchev–Trinajstić information content (AvgIpc) is 2.80. The van der Waals surface area contributed by atoms with Gasteiger partial charge in [0.15, 0.2) is 5.16 Å². The summed E-state index contributed by atoms with van der Waals surface area (Å²) >= 11 is 1.16. The Balaban J connectivity index is 1.49. The maximum absolute atomic E-state index is 12.9. The number of rotatable bonds is 6. The lowest BCUT2D eigenvalue weighted by atomic mass is 10.1. The Kier molecular flexibility index (Phi) is 6.07. The minimum Gasteiger partial charge on any atom is -0.497 e. The number of amides is 1. The third kappa shape index (κ3) is 4.28. The zero-order valence-electron chi connectivity index (χ0n) is 17.8. The van der Waals surface area contributed by atoms with Gasteiger partial charge in [0.05, 0.1) is 30.4 Å². The van der Waals surface area contributed by atoms with E-state index in [1.165, 1.54) is 17.5 Å². The van der Waals surface area contributed by atoms with Gasteiger partial charge < -0.3 is 10.1 Å². The number of thioether (sulfide) groups is 1. The zero-order valence-corrected chi connectivity index (χ0v) is 19.5. The number of hydrogen-bond donors (Lipinski definition) is 1. The van der Waals surface area contributed by atoms with Gasteiger partial charge in [-0.05, 0) is 36.8 Å². The first-order chi connectivity index (χ1) is 15.3. The molecule has 0 saturated carbocycles. The lowest BCUT2D eigenvalue weighted by Crippen LogP contribution is -2.31. The number of anilines is 1. The number of fused-ring (bicyclic) bond motifs is 3. The molecular weight excluding hydrogens is 448 g/mol. The van der Waals surface area contributed by atoms with Crippen LogP contribution in [0.3, 0.4) is 0 Å². The summed E-state index contributed by atoms with van der Waals surface area (Å²) in [5, 5.41) is 3.19. The van der Waals surface area contributed by atoms with Crippen molar-refractivity contribution in [2.75, 3.05) is 24.2 Å². The number of aromatic nitrogens is 2. The van der Waals surface area contributed by atoms with Crippen molar-refractivity contribution in [2.45, 2.75) is 23.5 Å². The maximum Gasteiger partial charge on any atom is 0.267 e. The Morgan fingerprint density at radius 1 is 1.22 bits per heavy atom. The van der Waals surface area contributed by atoms with Gasteiger partial charge in [0.1, 0.15) is 10.6 Å². The molecule has 0 unspecified atom stereocenters. The standard InChI is InChI=1S/C22H22N4O4S2/c1-14-7-8-18-17(9-14)21-19(32(28,29)26(18)2)12-24-22(25-21)31-13-20(27)23-11-15-5-4-6-16(10-15)30-3/h4-10,12H,11,13H2,1-3H3,(H,23,27). The van der Waals surface area contributed by atoms with Crippen LogP contribution in [0.2, 0.25) is 0 Å². The largest absolute Gasteiger partial charge is 0.497 e. The van der Waals surface area contributed by atoms with Gasteiger partial charge in [-0.25, -0.2) is 18.4 Å².